The monoisotopic (exact) mass is 487 g/mol. The predicted octanol–water partition coefficient (Wildman–Crippen LogP) is 7.86. The van der Waals surface area contributed by atoms with E-state index in [1.165, 1.54) is 165 Å². The minimum absolute atomic E-state index is 0. The van der Waals surface area contributed by atoms with Crippen LogP contribution < -0.4 is 12.4 Å². The number of halogens is 1. The molecule has 202 valence electrons. The molecule has 0 heterocycles. The molecular formula is C31H66ClN. The zero-order chi connectivity index (χ0) is 23.8. The highest BCUT2D eigenvalue weighted by Gasteiger charge is 2.30. The highest BCUT2D eigenvalue weighted by atomic mass is 35.5. The van der Waals surface area contributed by atoms with Crippen LogP contribution >= 0.6 is 0 Å². The zero-order valence-electron chi connectivity index (χ0n) is 24.1. The van der Waals surface area contributed by atoms with Gasteiger partial charge in [-0.1, -0.05) is 136 Å². The molecule has 0 amide bonds. The Balaban J connectivity index is 0. The van der Waals surface area contributed by atoms with Crippen LogP contribution in [0, 0.1) is 0 Å². The lowest BCUT2D eigenvalue weighted by molar-refractivity contribution is -0.947. The number of quaternary nitrogens is 1. The Hall–Kier alpha value is 0.250. The van der Waals surface area contributed by atoms with Crippen molar-refractivity contribution in [2.75, 3.05) is 19.6 Å². The van der Waals surface area contributed by atoms with Gasteiger partial charge in [0.25, 0.3) is 0 Å². The van der Waals surface area contributed by atoms with Crippen molar-refractivity contribution < 1.29 is 16.9 Å². The van der Waals surface area contributed by atoms with Crippen molar-refractivity contribution in [1.82, 2.24) is 0 Å². The van der Waals surface area contributed by atoms with Gasteiger partial charge < -0.3 is 16.9 Å². The van der Waals surface area contributed by atoms with Crippen LogP contribution in [0.5, 0.6) is 0 Å². The largest absolute Gasteiger partial charge is 1.00 e. The molecular weight excluding hydrogens is 422 g/mol. The third-order valence-electron chi connectivity index (χ3n) is 8.53. The lowest BCUT2D eigenvalue weighted by Gasteiger charge is -2.43. The molecule has 0 aromatic carbocycles. The summed E-state index contributed by atoms with van der Waals surface area (Å²) < 4.78 is 1.34. The summed E-state index contributed by atoms with van der Waals surface area (Å²) in [5.41, 5.74) is 0. The van der Waals surface area contributed by atoms with Gasteiger partial charge in [-0.3, -0.25) is 0 Å². The van der Waals surface area contributed by atoms with E-state index in [0.29, 0.717) is 0 Å². The predicted molar refractivity (Wildman–Crippen MR) is 149 cm³/mol. The third kappa shape index (κ3) is 19.2. The summed E-state index contributed by atoms with van der Waals surface area (Å²) in [7, 11) is 0. The van der Waals surface area contributed by atoms with E-state index >= 15 is 0 Å². The summed E-state index contributed by atoms with van der Waals surface area (Å²) in [5, 5.41) is 0. The molecule has 0 aromatic heterocycles. The Labute approximate surface area is 218 Å². The Morgan fingerprint density at radius 1 is 0.394 bits per heavy atom. The highest BCUT2D eigenvalue weighted by Crippen LogP contribution is 2.22. The maximum Gasteiger partial charge on any atom is 0.0887 e. The summed E-state index contributed by atoms with van der Waals surface area (Å²) in [5.74, 6) is 0. The van der Waals surface area contributed by atoms with Crippen LogP contribution in [-0.2, 0) is 0 Å². The van der Waals surface area contributed by atoms with E-state index in [0.717, 1.165) is 6.04 Å². The summed E-state index contributed by atoms with van der Waals surface area (Å²) in [6, 6.07) is 0.894. The zero-order valence-corrected chi connectivity index (χ0v) is 24.8. The summed E-state index contributed by atoms with van der Waals surface area (Å²) in [6.45, 7) is 15.8. The molecule has 1 nitrogen and oxygen atoms in total. The van der Waals surface area contributed by atoms with E-state index in [4.69, 9.17) is 0 Å². The second kappa shape index (κ2) is 26.8. The van der Waals surface area contributed by atoms with Gasteiger partial charge in [0.15, 0.2) is 0 Å². The van der Waals surface area contributed by atoms with Crippen molar-refractivity contribution in [1.29, 1.82) is 0 Å². The Bertz CT molecular complexity index is 345. The average Bonchev–Trinajstić information content (AvgIpc) is 2.82. The summed E-state index contributed by atoms with van der Waals surface area (Å²) in [6.07, 6.45) is 32.3. The van der Waals surface area contributed by atoms with Crippen molar-refractivity contribution in [3.63, 3.8) is 0 Å². The maximum atomic E-state index is 2.41. The minimum atomic E-state index is 0. The molecule has 0 saturated carbocycles. The normalized spacial score (nSPS) is 12.6. The second-order valence-electron chi connectivity index (χ2n) is 10.7. The fourth-order valence-corrected chi connectivity index (χ4v) is 5.95. The van der Waals surface area contributed by atoms with Crippen molar-refractivity contribution in [3.8, 4) is 0 Å². The topological polar surface area (TPSA) is 0 Å². The van der Waals surface area contributed by atoms with Gasteiger partial charge in [-0.05, 0) is 40.0 Å². The van der Waals surface area contributed by atoms with E-state index in [-0.39, 0.29) is 12.4 Å². The van der Waals surface area contributed by atoms with Crippen LogP contribution in [-0.4, -0.2) is 30.2 Å². The molecule has 0 aromatic rings. The highest BCUT2D eigenvalue weighted by molar-refractivity contribution is 4.60. The Kier molecular flexibility index (Phi) is 28.8. The first-order valence-electron chi connectivity index (χ1n) is 15.6. The molecule has 0 fully saturated rings. The molecule has 0 spiro atoms. The van der Waals surface area contributed by atoms with E-state index < -0.39 is 0 Å². The van der Waals surface area contributed by atoms with Gasteiger partial charge in [0.05, 0.1) is 25.7 Å². The molecule has 0 radical (unpaired) electrons. The number of hydrogen-bond acceptors (Lipinski definition) is 0. The first-order chi connectivity index (χ1) is 15.7. The lowest BCUT2D eigenvalue weighted by atomic mass is 9.99. The number of unbranched alkanes of at least 4 members (excludes halogenated alkanes) is 19. The molecule has 1 unspecified atom stereocenters. The molecule has 0 saturated heterocycles. The number of nitrogens with zero attached hydrogens (tertiary/aromatic N) is 1. The third-order valence-corrected chi connectivity index (χ3v) is 8.53. The van der Waals surface area contributed by atoms with Crippen molar-refractivity contribution >= 4 is 0 Å². The van der Waals surface area contributed by atoms with Crippen LogP contribution in [0.4, 0.5) is 0 Å². The second-order valence-corrected chi connectivity index (χ2v) is 10.7. The molecule has 0 rings (SSSR count). The Morgan fingerprint density at radius 2 is 0.667 bits per heavy atom. The van der Waals surface area contributed by atoms with Crippen LogP contribution in [0.1, 0.15) is 176 Å². The SMILES string of the molecule is CCCCCCCCCCCCCCCCCCCCCCC(CC)[N+](CC)(CC)CC.[Cl-]. The first-order valence-corrected chi connectivity index (χ1v) is 15.6. The van der Waals surface area contributed by atoms with Crippen molar-refractivity contribution in [3.05, 3.63) is 0 Å². The molecule has 2 heteroatoms. The maximum absolute atomic E-state index is 2.41. The summed E-state index contributed by atoms with van der Waals surface area (Å²) in [4.78, 5) is 0. The number of rotatable bonds is 26. The minimum Gasteiger partial charge on any atom is -1.00 e. The van der Waals surface area contributed by atoms with Gasteiger partial charge in [-0.2, -0.15) is 0 Å². The molecule has 0 aliphatic heterocycles. The fraction of sp³-hybridized carbons (Fsp3) is 1.00. The van der Waals surface area contributed by atoms with Crippen molar-refractivity contribution in [2.45, 2.75) is 182 Å². The van der Waals surface area contributed by atoms with Crippen LogP contribution in [0.2, 0.25) is 0 Å². The molecule has 1 atom stereocenters. The molecule has 0 aliphatic rings. The van der Waals surface area contributed by atoms with E-state index in [1.807, 2.05) is 0 Å². The molecule has 33 heavy (non-hydrogen) atoms. The molecule has 0 N–H and O–H groups in total. The molecule has 0 aliphatic carbocycles. The van der Waals surface area contributed by atoms with E-state index in [9.17, 15) is 0 Å². The van der Waals surface area contributed by atoms with Gasteiger partial charge in [0.1, 0.15) is 0 Å². The van der Waals surface area contributed by atoms with E-state index in [1.54, 1.807) is 0 Å². The van der Waals surface area contributed by atoms with Gasteiger partial charge in [0, 0.05) is 0 Å². The van der Waals surface area contributed by atoms with Crippen molar-refractivity contribution in [2.24, 2.45) is 0 Å². The Morgan fingerprint density at radius 3 is 0.909 bits per heavy atom. The standard InChI is InChI=1S/C31H66N.ClH/c1-6-11-12-13-14-15-16-17-18-19-20-21-22-23-24-25-26-27-28-29-30-31(7-2)32(8-3,9-4)10-5;/h31H,6-30H2,1-5H3;1H/q+1;/p-1. The van der Waals surface area contributed by atoms with Crippen LogP contribution in [0.15, 0.2) is 0 Å². The van der Waals surface area contributed by atoms with Crippen LogP contribution in [0.3, 0.4) is 0 Å². The fourth-order valence-electron chi connectivity index (χ4n) is 5.95. The average molecular weight is 488 g/mol. The van der Waals surface area contributed by atoms with Gasteiger partial charge >= 0.3 is 0 Å². The van der Waals surface area contributed by atoms with Gasteiger partial charge in [-0.25, -0.2) is 0 Å². The summed E-state index contributed by atoms with van der Waals surface area (Å²) >= 11 is 0. The quantitative estimate of drug-likeness (QED) is 0.0859. The lowest BCUT2D eigenvalue weighted by Crippen LogP contribution is -3.00. The van der Waals surface area contributed by atoms with Gasteiger partial charge in [0.2, 0.25) is 0 Å². The molecule has 0 bridgehead atoms. The number of hydrogen-bond donors (Lipinski definition) is 0. The first kappa shape index (κ1) is 35.4. The smallest absolute Gasteiger partial charge is 0.0887 e. The van der Waals surface area contributed by atoms with Crippen LogP contribution in [0.25, 0.3) is 0 Å². The van der Waals surface area contributed by atoms with E-state index in [2.05, 4.69) is 34.6 Å². The van der Waals surface area contributed by atoms with Gasteiger partial charge in [-0.15, -0.1) is 0 Å².